The van der Waals surface area contributed by atoms with Gasteiger partial charge >= 0.3 is 5.97 Å². The Morgan fingerprint density at radius 1 is 0.482 bits per heavy atom. The Kier molecular flexibility index (Phi) is 55.5. The van der Waals surface area contributed by atoms with Crippen molar-refractivity contribution in [3.63, 3.8) is 0 Å². The molecule has 0 aliphatic carbocycles. The number of allylic oxidation sites excluding steroid dienone is 13. The molecule has 1 saturated heterocycles. The van der Waals surface area contributed by atoms with Gasteiger partial charge in [-0.15, -0.1) is 0 Å². The first kappa shape index (κ1) is 77.9. The van der Waals surface area contributed by atoms with Gasteiger partial charge in [-0.25, -0.2) is 0 Å². The molecule has 1 aliphatic rings. The predicted octanol–water partition coefficient (Wildman–Crippen LogP) is 17.3. The molecule has 0 saturated carbocycles. The minimum absolute atomic E-state index is 0.0663. The summed E-state index contributed by atoms with van der Waals surface area (Å²) in [6.45, 7) is 5.69. The van der Waals surface area contributed by atoms with E-state index in [4.69, 9.17) is 14.2 Å². The zero-order valence-corrected chi connectivity index (χ0v) is 53.3. The average molecular weight is 1170 g/mol. The fourth-order valence-corrected chi connectivity index (χ4v) is 10.4. The lowest BCUT2D eigenvalue weighted by atomic mass is 9.99. The van der Waals surface area contributed by atoms with Crippen LogP contribution in [0.3, 0.4) is 0 Å². The molecule has 0 aromatic rings. The lowest BCUT2D eigenvalue weighted by Crippen LogP contribution is -2.61. The number of carbonyl (C=O) groups is 2. The molecule has 1 heterocycles. The van der Waals surface area contributed by atoms with Gasteiger partial charge in [0.2, 0.25) is 5.91 Å². The van der Waals surface area contributed by atoms with Gasteiger partial charge in [0, 0.05) is 6.42 Å². The van der Waals surface area contributed by atoms with E-state index in [1.807, 2.05) is 6.08 Å². The maximum Gasteiger partial charge on any atom is 0.306 e. The SMILES string of the molecule is CC/C=C\C/C=C\C/C=C\C/C=C\C/C=C\C/C=C\CCCCC(=O)OC1C(OCC(NC(=O)C(O)CCCCCCCCCCCCCCCCCCCCCC)C(O)/C=C/CCCCCCCCCCCCC)OC(CO)C(O)C1O. The highest BCUT2D eigenvalue weighted by Crippen LogP contribution is 2.26. The first-order chi connectivity index (χ1) is 40.7. The molecule has 83 heavy (non-hydrogen) atoms. The minimum atomic E-state index is -1.64. The highest BCUT2D eigenvalue weighted by molar-refractivity contribution is 5.80. The molecule has 0 bridgehead atoms. The molecular formula is C72H127NO10. The third-order valence-electron chi connectivity index (χ3n) is 15.8. The summed E-state index contributed by atoms with van der Waals surface area (Å²) in [6.07, 6.45) is 67.6. The number of aliphatic hydroxyl groups is 5. The molecule has 0 radical (unpaired) electrons. The van der Waals surface area contributed by atoms with Crippen LogP contribution in [0, 0.1) is 0 Å². The van der Waals surface area contributed by atoms with Gasteiger partial charge in [0.1, 0.15) is 24.4 Å². The predicted molar refractivity (Wildman–Crippen MR) is 347 cm³/mol. The van der Waals surface area contributed by atoms with E-state index in [0.29, 0.717) is 12.8 Å². The number of rotatable bonds is 58. The molecule has 0 aromatic heterocycles. The van der Waals surface area contributed by atoms with Gasteiger partial charge in [-0.1, -0.05) is 298 Å². The second-order valence-electron chi connectivity index (χ2n) is 23.5. The topological polar surface area (TPSA) is 175 Å². The number of unbranched alkanes of at least 4 members (excludes halogenated alkanes) is 32. The van der Waals surface area contributed by atoms with Crippen LogP contribution in [0.5, 0.6) is 0 Å². The first-order valence-corrected chi connectivity index (χ1v) is 34.4. The minimum Gasteiger partial charge on any atom is -0.454 e. The van der Waals surface area contributed by atoms with E-state index >= 15 is 0 Å². The van der Waals surface area contributed by atoms with Crippen molar-refractivity contribution in [2.45, 2.75) is 346 Å². The van der Waals surface area contributed by atoms with Crippen LogP contribution in [0.4, 0.5) is 0 Å². The Bertz CT molecular complexity index is 1670. The first-order valence-electron chi connectivity index (χ1n) is 34.4. The van der Waals surface area contributed by atoms with Crippen LogP contribution in [0.25, 0.3) is 0 Å². The van der Waals surface area contributed by atoms with Crippen LogP contribution in [0.1, 0.15) is 297 Å². The summed E-state index contributed by atoms with van der Waals surface area (Å²) in [5.41, 5.74) is 0. The normalized spacial score (nSPS) is 19.1. The Morgan fingerprint density at radius 3 is 1.30 bits per heavy atom. The second kappa shape index (κ2) is 59.2. The highest BCUT2D eigenvalue weighted by Gasteiger charge is 2.47. The Morgan fingerprint density at radius 2 is 0.867 bits per heavy atom. The van der Waals surface area contributed by atoms with Crippen LogP contribution >= 0.6 is 0 Å². The largest absolute Gasteiger partial charge is 0.454 e. The summed E-state index contributed by atoms with van der Waals surface area (Å²) in [5, 5.41) is 57.2. The monoisotopic (exact) mass is 1170 g/mol. The molecule has 8 unspecified atom stereocenters. The molecule has 1 rings (SSSR count). The van der Waals surface area contributed by atoms with Gasteiger partial charge in [0.15, 0.2) is 12.4 Å². The van der Waals surface area contributed by atoms with Crippen LogP contribution in [-0.2, 0) is 23.8 Å². The lowest BCUT2D eigenvalue weighted by Gasteiger charge is -2.41. The summed E-state index contributed by atoms with van der Waals surface area (Å²) in [6, 6.07) is -1.04. The van der Waals surface area contributed by atoms with Crippen LogP contribution in [0.2, 0.25) is 0 Å². The van der Waals surface area contributed by atoms with Crippen LogP contribution < -0.4 is 5.32 Å². The molecule has 11 nitrogen and oxygen atoms in total. The molecule has 0 spiro atoms. The third kappa shape index (κ3) is 46.7. The summed E-state index contributed by atoms with van der Waals surface area (Å²) >= 11 is 0. The van der Waals surface area contributed by atoms with Gasteiger partial charge in [-0.3, -0.25) is 9.59 Å². The van der Waals surface area contributed by atoms with Crippen LogP contribution in [-0.4, -0.2) is 99.6 Å². The highest BCUT2D eigenvalue weighted by atomic mass is 16.7. The van der Waals surface area contributed by atoms with E-state index < -0.39 is 67.4 Å². The summed E-state index contributed by atoms with van der Waals surface area (Å²) in [5.74, 6) is -1.23. The van der Waals surface area contributed by atoms with E-state index in [1.165, 1.54) is 161 Å². The van der Waals surface area contributed by atoms with Gasteiger partial charge in [-0.2, -0.15) is 0 Å². The molecule has 8 atom stereocenters. The molecule has 11 heteroatoms. The zero-order chi connectivity index (χ0) is 60.3. The maximum absolute atomic E-state index is 13.5. The number of aliphatic hydroxyl groups excluding tert-OH is 5. The van der Waals surface area contributed by atoms with Crippen molar-refractivity contribution in [1.29, 1.82) is 0 Å². The molecule has 1 amide bonds. The summed E-state index contributed by atoms with van der Waals surface area (Å²) < 4.78 is 17.6. The number of nitrogens with one attached hydrogen (secondary N) is 1. The van der Waals surface area contributed by atoms with Crippen molar-refractivity contribution in [2.75, 3.05) is 13.2 Å². The van der Waals surface area contributed by atoms with E-state index in [-0.39, 0.29) is 19.4 Å². The number of hydrogen-bond acceptors (Lipinski definition) is 10. The number of amides is 1. The quantitative estimate of drug-likeness (QED) is 0.0195. The van der Waals surface area contributed by atoms with E-state index in [2.05, 4.69) is 99.0 Å². The van der Waals surface area contributed by atoms with Crippen molar-refractivity contribution in [3.05, 3.63) is 85.1 Å². The molecule has 6 N–H and O–H groups in total. The maximum atomic E-state index is 13.5. The fraction of sp³-hybridized carbons (Fsp3) is 0.778. The Balaban J connectivity index is 2.66. The number of hydrogen-bond donors (Lipinski definition) is 6. The summed E-state index contributed by atoms with van der Waals surface area (Å²) in [7, 11) is 0. The van der Waals surface area contributed by atoms with Gasteiger partial charge in [0.25, 0.3) is 0 Å². The lowest BCUT2D eigenvalue weighted by molar-refractivity contribution is -0.305. The Labute approximate surface area is 508 Å². The van der Waals surface area contributed by atoms with Gasteiger partial charge in [0.05, 0.1) is 25.4 Å². The molecule has 480 valence electrons. The molecule has 1 fully saturated rings. The van der Waals surface area contributed by atoms with E-state index in [9.17, 15) is 35.1 Å². The standard InChI is InChI=1S/C72H127NO10/c1-4-7-10-13-16-19-22-25-27-29-31-33-35-37-39-42-45-48-51-54-57-60-67(77)83-70-69(79)68(78)66(61-74)82-72(70)81-62-63(64(75)58-55-52-49-46-43-40-24-21-18-15-12-9-6-3)73-71(80)65(76)59-56-53-50-47-44-41-38-36-34-32-30-28-26-23-20-17-14-11-8-5-2/h7,10,16,19,25,27,31,33,37,39,45,48,55,58,63-66,68-70,72,74-76,78-79H,4-6,8-9,11-15,17-18,20-24,26,28-30,32,34-36,38,40-44,46-47,49-54,56-57,59-62H2,1-3H3,(H,73,80)/b10-7-,19-16-,27-25-,33-31-,39-37-,48-45-,58-55+. The summed E-state index contributed by atoms with van der Waals surface area (Å²) in [4.78, 5) is 26.6. The zero-order valence-electron chi connectivity index (χ0n) is 53.3. The number of carbonyl (C=O) groups excluding carboxylic acids is 2. The smallest absolute Gasteiger partial charge is 0.306 e. The van der Waals surface area contributed by atoms with Crippen molar-refractivity contribution in [3.8, 4) is 0 Å². The van der Waals surface area contributed by atoms with Crippen molar-refractivity contribution in [2.24, 2.45) is 0 Å². The molecule has 1 aliphatic heterocycles. The van der Waals surface area contributed by atoms with E-state index in [0.717, 1.165) is 89.9 Å². The second-order valence-corrected chi connectivity index (χ2v) is 23.5. The number of esters is 1. The van der Waals surface area contributed by atoms with Gasteiger partial charge in [-0.05, 0) is 77.0 Å². The van der Waals surface area contributed by atoms with Crippen molar-refractivity contribution >= 4 is 11.9 Å². The third-order valence-corrected chi connectivity index (χ3v) is 15.8. The molecule has 0 aromatic carbocycles. The average Bonchev–Trinajstić information content (AvgIpc) is 3.58. The van der Waals surface area contributed by atoms with Gasteiger partial charge < -0.3 is 45.1 Å². The number of ether oxygens (including phenoxy) is 3. The van der Waals surface area contributed by atoms with Crippen LogP contribution in [0.15, 0.2) is 85.1 Å². The fourth-order valence-electron chi connectivity index (χ4n) is 10.4. The van der Waals surface area contributed by atoms with E-state index in [1.54, 1.807) is 6.08 Å². The Hall–Kier alpha value is -3.16. The van der Waals surface area contributed by atoms with Crippen molar-refractivity contribution in [1.82, 2.24) is 5.32 Å². The molecular weight excluding hydrogens is 1040 g/mol. The van der Waals surface area contributed by atoms with Crippen molar-refractivity contribution < 1.29 is 49.3 Å².